The molecule has 0 aliphatic carbocycles. The minimum atomic E-state index is -0.661. The Hall–Kier alpha value is -1.69. The molecule has 0 amide bonds. The van der Waals surface area contributed by atoms with E-state index in [1.807, 2.05) is 43.9 Å². The van der Waals surface area contributed by atoms with E-state index in [4.69, 9.17) is 9.15 Å². The van der Waals surface area contributed by atoms with Gasteiger partial charge >= 0.3 is 0 Å². The van der Waals surface area contributed by atoms with Gasteiger partial charge in [0.2, 0.25) is 0 Å². The highest BCUT2D eigenvalue weighted by atomic mass is 19.1. The Morgan fingerprint density at radius 2 is 1.92 bits per heavy atom. The summed E-state index contributed by atoms with van der Waals surface area (Å²) >= 11 is 0. The van der Waals surface area contributed by atoms with Crippen LogP contribution in [0.1, 0.15) is 32.1 Å². The highest BCUT2D eigenvalue weighted by Gasteiger charge is 2.18. The molecule has 2 rings (SSSR count). The van der Waals surface area contributed by atoms with Crippen molar-refractivity contribution in [3.8, 4) is 0 Å². The number of aliphatic hydroxyl groups excluding tert-OH is 1. The SMILES string of the molecule is CC(C)(C)OCC(O)CN(Cc1ccco1)Cc1ccccc1F. The largest absolute Gasteiger partial charge is 0.468 e. The molecule has 0 spiro atoms. The summed E-state index contributed by atoms with van der Waals surface area (Å²) in [6.07, 6.45) is 0.946. The summed E-state index contributed by atoms with van der Waals surface area (Å²) in [5, 5.41) is 10.3. The molecule has 0 saturated heterocycles. The molecule has 1 N–H and O–H groups in total. The maximum atomic E-state index is 13.9. The fourth-order valence-electron chi connectivity index (χ4n) is 2.37. The number of nitrogens with zero attached hydrogens (tertiary/aromatic N) is 1. The van der Waals surface area contributed by atoms with Gasteiger partial charge in [0.15, 0.2) is 0 Å². The standard InChI is InChI=1S/C19H26FNO3/c1-19(2,3)24-14-16(22)12-21(13-17-8-6-10-23-17)11-15-7-4-5-9-18(15)20/h4-10,16,22H,11-14H2,1-3H3. The van der Waals surface area contributed by atoms with Gasteiger partial charge < -0.3 is 14.3 Å². The number of benzene rings is 1. The predicted octanol–water partition coefficient (Wildman–Crippen LogP) is 3.60. The monoisotopic (exact) mass is 335 g/mol. The highest BCUT2D eigenvalue weighted by molar-refractivity contribution is 5.17. The number of ether oxygens (including phenoxy) is 1. The molecule has 1 aromatic carbocycles. The Balaban J connectivity index is 2.01. The third-order valence-electron chi connectivity index (χ3n) is 3.49. The molecular formula is C19H26FNO3. The number of halogens is 1. The van der Waals surface area contributed by atoms with E-state index < -0.39 is 6.10 Å². The minimum Gasteiger partial charge on any atom is -0.468 e. The lowest BCUT2D eigenvalue weighted by Gasteiger charge is -2.27. The van der Waals surface area contributed by atoms with Crippen LogP contribution in [0.5, 0.6) is 0 Å². The van der Waals surface area contributed by atoms with Gasteiger partial charge in [0.05, 0.1) is 31.1 Å². The molecule has 0 bridgehead atoms. The Kier molecular flexibility index (Phi) is 6.54. The minimum absolute atomic E-state index is 0.232. The summed E-state index contributed by atoms with van der Waals surface area (Å²) < 4.78 is 24.9. The Morgan fingerprint density at radius 3 is 2.54 bits per heavy atom. The van der Waals surface area contributed by atoms with Crippen molar-refractivity contribution < 1.29 is 18.7 Å². The zero-order valence-electron chi connectivity index (χ0n) is 14.5. The molecule has 1 unspecified atom stereocenters. The van der Waals surface area contributed by atoms with Crippen LogP contribution in [0.2, 0.25) is 0 Å². The summed E-state index contributed by atoms with van der Waals surface area (Å²) in [6.45, 7) is 7.31. The highest BCUT2D eigenvalue weighted by Crippen LogP contribution is 2.15. The molecule has 1 heterocycles. The van der Waals surface area contributed by atoms with Crippen molar-refractivity contribution in [3.05, 3.63) is 59.8 Å². The van der Waals surface area contributed by atoms with E-state index in [2.05, 4.69) is 0 Å². The fraction of sp³-hybridized carbons (Fsp3) is 0.474. The lowest BCUT2D eigenvalue weighted by atomic mass is 10.1. The van der Waals surface area contributed by atoms with Crippen molar-refractivity contribution >= 4 is 0 Å². The second kappa shape index (κ2) is 8.42. The summed E-state index contributed by atoms with van der Waals surface area (Å²) in [5.41, 5.74) is 0.284. The van der Waals surface area contributed by atoms with E-state index in [-0.39, 0.29) is 18.0 Å². The number of aliphatic hydroxyl groups is 1. The van der Waals surface area contributed by atoms with Gasteiger partial charge in [-0.25, -0.2) is 4.39 Å². The topological polar surface area (TPSA) is 45.8 Å². The lowest BCUT2D eigenvalue weighted by Crippen LogP contribution is -2.36. The van der Waals surface area contributed by atoms with Crippen LogP contribution < -0.4 is 0 Å². The van der Waals surface area contributed by atoms with Gasteiger partial charge in [-0.05, 0) is 39.0 Å². The number of rotatable bonds is 8. The molecule has 0 saturated carbocycles. The smallest absolute Gasteiger partial charge is 0.127 e. The van der Waals surface area contributed by atoms with Crippen molar-refractivity contribution in [3.63, 3.8) is 0 Å². The summed E-state index contributed by atoms with van der Waals surface area (Å²) in [7, 11) is 0. The summed E-state index contributed by atoms with van der Waals surface area (Å²) in [4.78, 5) is 1.95. The normalized spacial score (nSPS) is 13.4. The van der Waals surface area contributed by atoms with Gasteiger partial charge in [-0.1, -0.05) is 18.2 Å². The molecule has 5 heteroatoms. The van der Waals surface area contributed by atoms with Gasteiger partial charge in [-0.15, -0.1) is 0 Å². The molecule has 1 atom stereocenters. The zero-order valence-corrected chi connectivity index (χ0v) is 14.5. The van der Waals surface area contributed by atoms with Crippen LogP contribution >= 0.6 is 0 Å². The first-order valence-corrected chi connectivity index (χ1v) is 8.13. The lowest BCUT2D eigenvalue weighted by molar-refractivity contribution is -0.0576. The van der Waals surface area contributed by atoms with Gasteiger partial charge in [-0.3, -0.25) is 4.90 Å². The predicted molar refractivity (Wildman–Crippen MR) is 90.9 cm³/mol. The van der Waals surface area contributed by atoms with E-state index in [1.165, 1.54) is 6.07 Å². The van der Waals surface area contributed by atoms with Crippen molar-refractivity contribution in [1.82, 2.24) is 4.90 Å². The van der Waals surface area contributed by atoms with Crippen LogP contribution in [-0.4, -0.2) is 34.9 Å². The quantitative estimate of drug-likeness (QED) is 0.801. The van der Waals surface area contributed by atoms with Crippen molar-refractivity contribution in [2.45, 2.75) is 45.6 Å². The van der Waals surface area contributed by atoms with Crippen LogP contribution in [0.3, 0.4) is 0 Å². The summed E-state index contributed by atoms with van der Waals surface area (Å²) in [5.74, 6) is 0.526. The molecule has 1 aromatic heterocycles. The summed E-state index contributed by atoms with van der Waals surface area (Å²) in [6, 6.07) is 10.4. The van der Waals surface area contributed by atoms with Gasteiger partial charge in [0.25, 0.3) is 0 Å². The van der Waals surface area contributed by atoms with Crippen LogP contribution in [0.15, 0.2) is 47.1 Å². The van der Waals surface area contributed by atoms with Crippen LogP contribution in [0, 0.1) is 5.82 Å². The molecule has 0 fully saturated rings. The number of furan rings is 1. The Bertz CT molecular complexity index is 607. The first-order valence-electron chi connectivity index (χ1n) is 8.13. The van der Waals surface area contributed by atoms with E-state index in [0.717, 1.165) is 5.76 Å². The van der Waals surface area contributed by atoms with Gasteiger partial charge in [0.1, 0.15) is 11.6 Å². The average Bonchev–Trinajstić information content (AvgIpc) is 3.00. The van der Waals surface area contributed by atoms with Crippen molar-refractivity contribution in [1.29, 1.82) is 0 Å². The second-order valence-electron chi connectivity index (χ2n) is 6.92. The molecule has 0 radical (unpaired) electrons. The molecule has 4 nitrogen and oxygen atoms in total. The van der Waals surface area contributed by atoms with Gasteiger partial charge in [-0.2, -0.15) is 0 Å². The molecule has 132 valence electrons. The maximum absolute atomic E-state index is 13.9. The number of hydrogen-bond donors (Lipinski definition) is 1. The van der Waals surface area contributed by atoms with E-state index in [9.17, 15) is 9.50 Å². The van der Waals surface area contributed by atoms with Crippen LogP contribution in [0.4, 0.5) is 4.39 Å². The third kappa shape index (κ3) is 6.43. The van der Waals surface area contributed by atoms with E-state index >= 15 is 0 Å². The Labute approximate surface area is 142 Å². The second-order valence-corrected chi connectivity index (χ2v) is 6.92. The molecule has 2 aromatic rings. The maximum Gasteiger partial charge on any atom is 0.127 e. The third-order valence-corrected chi connectivity index (χ3v) is 3.49. The first-order chi connectivity index (χ1) is 11.3. The molecule has 0 aliphatic rings. The van der Waals surface area contributed by atoms with E-state index in [1.54, 1.807) is 18.4 Å². The van der Waals surface area contributed by atoms with Crippen molar-refractivity contribution in [2.24, 2.45) is 0 Å². The van der Waals surface area contributed by atoms with Crippen LogP contribution in [-0.2, 0) is 17.8 Å². The Morgan fingerprint density at radius 1 is 1.17 bits per heavy atom. The molecular weight excluding hydrogens is 309 g/mol. The number of hydrogen-bond acceptors (Lipinski definition) is 4. The molecule has 24 heavy (non-hydrogen) atoms. The molecule has 0 aliphatic heterocycles. The first kappa shape index (κ1) is 18.6. The van der Waals surface area contributed by atoms with Crippen LogP contribution in [0.25, 0.3) is 0 Å². The zero-order chi connectivity index (χ0) is 17.6. The van der Waals surface area contributed by atoms with Crippen molar-refractivity contribution in [2.75, 3.05) is 13.2 Å². The average molecular weight is 335 g/mol. The van der Waals surface area contributed by atoms with E-state index in [0.29, 0.717) is 25.2 Å². The van der Waals surface area contributed by atoms with Gasteiger partial charge in [0, 0.05) is 18.7 Å². The fourth-order valence-corrected chi connectivity index (χ4v) is 2.37.